The number of amides is 1. The normalized spacial score (nSPS) is 18.3. The number of aryl methyl sites for hydroxylation is 2. The van der Waals surface area contributed by atoms with Crippen LogP contribution in [-0.4, -0.2) is 59.0 Å². The Morgan fingerprint density at radius 1 is 1.48 bits per heavy atom. The Bertz CT molecular complexity index is 692. The molecule has 10 heteroatoms. The van der Waals surface area contributed by atoms with Crippen LogP contribution in [0.15, 0.2) is 11.2 Å². The molecule has 1 aliphatic rings. The summed E-state index contributed by atoms with van der Waals surface area (Å²) in [5.74, 6) is -0.835. The summed E-state index contributed by atoms with van der Waals surface area (Å²) >= 11 is 0. The number of nitrogens with one attached hydrogen (secondary N) is 1. The highest BCUT2D eigenvalue weighted by atomic mass is 32.2. The van der Waals surface area contributed by atoms with Crippen LogP contribution in [0.2, 0.25) is 0 Å². The second-order valence-corrected chi connectivity index (χ2v) is 7.18. The van der Waals surface area contributed by atoms with E-state index in [0.29, 0.717) is 25.2 Å². The predicted octanol–water partition coefficient (Wildman–Crippen LogP) is -0.527. The van der Waals surface area contributed by atoms with Crippen molar-refractivity contribution in [3.8, 4) is 0 Å². The topological polar surface area (TPSA) is 122 Å². The van der Waals surface area contributed by atoms with Crippen LogP contribution in [0.5, 0.6) is 0 Å². The lowest BCUT2D eigenvalue weighted by molar-refractivity contribution is -0.148. The Morgan fingerprint density at radius 2 is 2.17 bits per heavy atom. The van der Waals surface area contributed by atoms with Gasteiger partial charge >= 0.3 is 5.97 Å². The van der Waals surface area contributed by atoms with Crippen LogP contribution in [0.3, 0.4) is 0 Å². The van der Waals surface area contributed by atoms with Crippen molar-refractivity contribution in [2.75, 3.05) is 13.1 Å². The number of carboxylic acids is 1. The molecule has 128 valence electrons. The van der Waals surface area contributed by atoms with Crippen LogP contribution in [0.1, 0.15) is 25.1 Å². The van der Waals surface area contributed by atoms with Gasteiger partial charge in [-0.15, -0.1) is 0 Å². The van der Waals surface area contributed by atoms with Gasteiger partial charge < -0.3 is 14.6 Å². The number of aromatic nitrogens is 2. The first-order valence-electron chi connectivity index (χ1n) is 7.24. The highest BCUT2D eigenvalue weighted by Gasteiger charge is 2.33. The summed E-state index contributed by atoms with van der Waals surface area (Å²) < 4.78 is 28.0. The Labute approximate surface area is 134 Å². The van der Waals surface area contributed by atoms with Gasteiger partial charge in [-0.2, -0.15) is 0 Å². The third-order valence-corrected chi connectivity index (χ3v) is 5.18. The number of sulfonamides is 1. The van der Waals surface area contributed by atoms with Gasteiger partial charge in [0.25, 0.3) is 10.0 Å². The first kappa shape index (κ1) is 17.4. The number of rotatable bonds is 6. The van der Waals surface area contributed by atoms with Crippen molar-refractivity contribution >= 4 is 21.9 Å². The van der Waals surface area contributed by atoms with Crippen LogP contribution in [0.4, 0.5) is 0 Å². The molecule has 2 N–H and O–H groups in total. The zero-order valence-corrected chi connectivity index (χ0v) is 13.8. The third-order valence-electron chi connectivity index (χ3n) is 3.85. The molecule has 0 aliphatic carbocycles. The van der Waals surface area contributed by atoms with E-state index in [1.54, 1.807) is 18.5 Å². The maximum atomic E-state index is 12.1. The van der Waals surface area contributed by atoms with Crippen LogP contribution in [-0.2, 0) is 26.7 Å². The average molecular weight is 344 g/mol. The molecular formula is C13H20N4O5S. The lowest BCUT2D eigenvalue weighted by Crippen LogP contribution is -2.41. The molecule has 0 aromatic carbocycles. The van der Waals surface area contributed by atoms with Gasteiger partial charge in [-0.1, -0.05) is 0 Å². The van der Waals surface area contributed by atoms with Crippen molar-refractivity contribution in [2.24, 2.45) is 7.05 Å². The summed E-state index contributed by atoms with van der Waals surface area (Å²) in [6.45, 7) is 1.98. The molecule has 0 radical (unpaired) electrons. The minimum atomic E-state index is -3.78. The molecule has 0 saturated carbocycles. The lowest BCUT2D eigenvalue weighted by atomic mass is 10.2. The molecule has 0 spiro atoms. The van der Waals surface area contributed by atoms with Gasteiger partial charge in [-0.3, -0.25) is 4.79 Å². The number of carboxylic acid groups (broad SMARTS) is 1. The van der Waals surface area contributed by atoms with E-state index in [2.05, 4.69) is 9.71 Å². The van der Waals surface area contributed by atoms with Gasteiger partial charge in [0.2, 0.25) is 5.91 Å². The SMILES string of the molecule is Cc1nc(S(=O)(=O)NCCC(=O)N2CCC[C@@H]2C(=O)O)cn1C. The van der Waals surface area contributed by atoms with E-state index in [-0.39, 0.29) is 23.9 Å². The minimum Gasteiger partial charge on any atom is -0.480 e. The predicted molar refractivity (Wildman–Crippen MR) is 80.1 cm³/mol. The molecule has 0 bridgehead atoms. The quantitative estimate of drug-likeness (QED) is 0.716. The van der Waals surface area contributed by atoms with Gasteiger partial charge in [0.05, 0.1) is 0 Å². The van der Waals surface area contributed by atoms with Gasteiger partial charge in [0.1, 0.15) is 11.9 Å². The molecule has 0 unspecified atom stereocenters. The molecule has 1 aliphatic heterocycles. The van der Waals surface area contributed by atoms with Crippen molar-refractivity contribution in [3.05, 3.63) is 12.0 Å². The summed E-state index contributed by atoms with van der Waals surface area (Å²) in [6.07, 6.45) is 2.37. The molecule has 1 fully saturated rings. The van der Waals surface area contributed by atoms with Gasteiger partial charge in [-0.05, 0) is 19.8 Å². The Hall–Kier alpha value is -1.94. The molecule has 2 heterocycles. The van der Waals surface area contributed by atoms with Gasteiger partial charge in [0.15, 0.2) is 5.03 Å². The summed E-state index contributed by atoms with van der Waals surface area (Å²) in [5, 5.41) is 8.95. The van der Waals surface area contributed by atoms with E-state index in [0.717, 1.165) is 0 Å². The fourth-order valence-electron chi connectivity index (χ4n) is 2.49. The summed E-state index contributed by atoms with van der Waals surface area (Å²) in [5.41, 5.74) is 0. The van der Waals surface area contributed by atoms with Crippen LogP contribution in [0.25, 0.3) is 0 Å². The van der Waals surface area contributed by atoms with E-state index in [1.165, 1.54) is 11.1 Å². The molecule has 1 amide bonds. The molecule has 1 atom stereocenters. The first-order valence-corrected chi connectivity index (χ1v) is 8.72. The monoisotopic (exact) mass is 344 g/mol. The van der Waals surface area contributed by atoms with Gasteiger partial charge in [-0.25, -0.2) is 22.9 Å². The number of likely N-dealkylation sites (tertiary alicyclic amines) is 1. The van der Waals surface area contributed by atoms with Crippen molar-refractivity contribution < 1.29 is 23.1 Å². The molecule has 1 aromatic heterocycles. The second-order valence-electron chi connectivity index (χ2n) is 5.47. The van der Waals surface area contributed by atoms with Crippen molar-refractivity contribution in [1.82, 2.24) is 19.2 Å². The summed E-state index contributed by atoms with van der Waals surface area (Å²) in [4.78, 5) is 28.3. The highest BCUT2D eigenvalue weighted by Crippen LogP contribution is 2.18. The van der Waals surface area contributed by atoms with E-state index in [1.807, 2.05) is 0 Å². The Balaban J connectivity index is 1.91. The average Bonchev–Trinajstić information content (AvgIpc) is 3.06. The number of carbonyl (C=O) groups is 2. The van der Waals surface area contributed by atoms with E-state index < -0.39 is 22.0 Å². The first-order chi connectivity index (χ1) is 10.7. The van der Waals surface area contributed by atoms with E-state index in [9.17, 15) is 18.0 Å². The van der Waals surface area contributed by atoms with Crippen molar-refractivity contribution in [2.45, 2.75) is 37.3 Å². The fourth-order valence-corrected chi connectivity index (χ4v) is 3.56. The highest BCUT2D eigenvalue weighted by molar-refractivity contribution is 7.89. The zero-order valence-electron chi connectivity index (χ0n) is 13.0. The molecular weight excluding hydrogens is 324 g/mol. The number of aliphatic carboxylic acids is 1. The number of hydrogen-bond donors (Lipinski definition) is 2. The van der Waals surface area contributed by atoms with Crippen molar-refractivity contribution in [3.63, 3.8) is 0 Å². The smallest absolute Gasteiger partial charge is 0.326 e. The zero-order chi connectivity index (χ0) is 17.2. The maximum Gasteiger partial charge on any atom is 0.326 e. The van der Waals surface area contributed by atoms with Crippen molar-refractivity contribution in [1.29, 1.82) is 0 Å². The summed E-state index contributed by atoms with van der Waals surface area (Å²) in [7, 11) is -2.10. The maximum absolute atomic E-state index is 12.1. The molecule has 1 saturated heterocycles. The van der Waals surface area contributed by atoms with Gasteiger partial charge in [0, 0.05) is 32.8 Å². The molecule has 23 heavy (non-hydrogen) atoms. The van der Waals surface area contributed by atoms with E-state index >= 15 is 0 Å². The number of imidazole rings is 1. The molecule has 9 nitrogen and oxygen atoms in total. The van der Waals surface area contributed by atoms with E-state index in [4.69, 9.17) is 5.11 Å². The van der Waals surface area contributed by atoms with Crippen LogP contribution < -0.4 is 4.72 Å². The Kier molecular flexibility index (Phi) is 5.05. The lowest BCUT2D eigenvalue weighted by Gasteiger charge is -2.21. The molecule has 2 rings (SSSR count). The van der Waals surface area contributed by atoms with Crippen LogP contribution in [0, 0.1) is 6.92 Å². The number of nitrogens with zero attached hydrogens (tertiary/aromatic N) is 3. The van der Waals surface area contributed by atoms with Crippen LogP contribution >= 0.6 is 0 Å². The number of carbonyl (C=O) groups excluding carboxylic acids is 1. The number of hydrogen-bond acceptors (Lipinski definition) is 5. The minimum absolute atomic E-state index is 0.0885. The largest absolute Gasteiger partial charge is 0.480 e. The fraction of sp³-hybridized carbons (Fsp3) is 0.615. The molecule has 1 aromatic rings. The standard InChI is InChI=1S/C13H20N4O5S/c1-9-15-11(8-16(9)2)23(21,22)14-6-5-12(18)17-7-3-4-10(17)13(19)20/h8,10,14H,3-7H2,1-2H3,(H,19,20)/t10-/m1/s1. The Morgan fingerprint density at radius 3 is 2.74 bits per heavy atom. The third kappa shape index (κ3) is 3.88. The summed E-state index contributed by atoms with van der Waals surface area (Å²) in [6, 6.07) is -0.808. The second kappa shape index (κ2) is 6.67.